The van der Waals surface area contributed by atoms with Crippen molar-refractivity contribution in [2.24, 2.45) is 12.5 Å². The summed E-state index contributed by atoms with van der Waals surface area (Å²) in [7, 11) is 1.86. The molecule has 1 aromatic heterocycles. The average molecular weight is 194 g/mol. The molecule has 0 fully saturated rings. The number of rotatable bonds is 4. The maximum absolute atomic E-state index is 11.8. The topological polar surface area (TPSA) is 34.9 Å². The molecule has 0 aromatic carbocycles. The predicted octanol–water partition coefficient (Wildman–Crippen LogP) is 1.97. The third kappa shape index (κ3) is 2.44. The van der Waals surface area contributed by atoms with Gasteiger partial charge in [0.05, 0.1) is 12.1 Å². The van der Waals surface area contributed by atoms with E-state index in [4.69, 9.17) is 0 Å². The summed E-state index contributed by atoms with van der Waals surface area (Å²) < 4.78 is 1.72. The second kappa shape index (κ2) is 3.95. The molecule has 3 nitrogen and oxygen atoms in total. The second-order valence-corrected chi connectivity index (χ2v) is 4.32. The van der Waals surface area contributed by atoms with Crippen molar-refractivity contribution in [3.8, 4) is 0 Å². The number of carbonyl (C=O) groups is 1. The summed E-state index contributed by atoms with van der Waals surface area (Å²) >= 11 is 0. The van der Waals surface area contributed by atoms with Gasteiger partial charge >= 0.3 is 0 Å². The Morgan fingerprint density at radius 2 is 2.21 bits per heavy atom. The Morgan fingerprint density at radius 1 is 1.57 bits per heavy atom. The van der Waals surface area contributed by atoms with Crippen LogP contribution in [0.5, 0.6) is 0 Å². The summed E-state index contributed by atoms with van der Waals surface area (Å²) in [5, 5.41) is 4.19. The van der Waals surface area contributed by atoms with Gasteiger partial charge in [-0.25, -0.2) is 0 Å². The lowest BCUT2D eigenvalue weighted by molar-refractivity contribution is -0.126. The molecule has 14 heavy (non-hydrogen) atoms. The van der Waals surface area contributed by atoms with Gasteiger partial charge in [0.1, 0.15) is 5.78 Å². The first-order chi connectivity index (χ1) is 6.45. The van der Waals surface area contributed by atoms with Crippen molar-refractivity contribution < 1.29 is 4.79 Å². The third-order valence-corrected chi connectivity index (χ3v) is 2.75. The number of Topliss-reactive ketones (excluding diaryl/α,β-unsaturated/α-hetero) is 1. The molecule has 3 heteroatoms. The Morgan fingerprint density at radius 3 is 2.64 bits per heavy atom. The van der Waals surface area contributed by atoms with E-state index in [-0.39, 0.29) is 11.2 Å². The molecule has 1 aromatic rings. The highest BCUT2D eigenvalue weighted by Crippen LogP contribution is 2.22. The number of nitrogens with zero attached hydrogens (tertiary/aromatic N) is 2. The van der Waals surface area contributed by atoms with Gasteiger partial charge in [0.15, 0.2) is 0 Å². The quantitative estimate of drug-likeness (QED) is 0.734. The van der Waals surface area contributed by atoms with E-state index < -0.39 is 0 Å². The van der Waals surface area contributed by atoms with E-state index in [9.17, 15) is 4.79 Å². The molecular formula is C11H18N2O. The van der Waals surface area contributed by atoms with E-state index in [0.717, 1.165) is 12.1 Å². The Bertz CT molecular complexity index is 326. The lowest BCUT2D eigenvalue weighted by atomic mass is 9.83. The largest absolute Gasteiger partial charge is 0.299 e. The van der Waals surface area contributed by atoms with Crippen molar-refractivity contribution >= 4 is 5.78 Å². The zero-order chi connectivity index (χ0) is 10.8. The Kier molecular flexibility index (Phi) is 3.09. The standard InChI is InChI=1S/C11H18N2O/c1-5-11(2,3)10(14)8-9-6-7-13(4)12-9/h6-7H,5,8H2,1-4H3. The van der Waals surface area contributed by atoms with Crippen molar-refractivity contribution in [1.82, 2.24) is 9.78 Å². The smallest absolute Gasteiger partial charge is 0.144 e. The van der Waals surface area contributed by atoms with Crippen LogP contribution in [0.25, 0.3) is 0 Å². The highest BCUT2D eigenvalue weighted by molar-refractivity contribution is 5.85. The number of aryl methyl sites for hydroxylation is 1. The van der Waals surface area contributed by atoms with E-state index in [1.807, 2.05) is 40.1 Å². The molecule has 0 bridgehead atoms. The van der Waals surface area contributed by atoms with Crippen molar-refractivity contribution in [2.45, 2.75) is 33.6 Å². The first-order valence-corrected chi connectivity index (χ1v) is 4.97. The molecule has 1 heterocycles. The zero-order valence-electron chi connectivity index (χ0n) is 9.37. The molecule has 0 unspecified atom stereocenters. The normalized spacial score (nSPS) is 11.7. The molecule has 78 valence electrons. The van der Waals surface area contributed by atoms with Crippen molar-refractivity contribution in [3.05, 3.63) is 18.0 Å². The molecule has 0 saturated heterocycles. The molecule has 0 saturated carbocycles. The molecule has 0 N–H and O–H groups in total. The summed E-state index contributed by atoms with van der Waals surface area (Å²) in [5.41, 5.74) is 0.636. The molecule has 0 aliphatic heterocycles. The van der Waals surface area contributed by atoms with Gasteiger partial charge in [-0.05, 0) is 12.5 Å². The van der Waals surface area contributed by atoms with Crippen LogP contribution in [0, 0.1) is 5.41 Å². The monoisotopic (exact) mass is 194 g/mol. The number of ketones is 1. The van der Waals surface area contributed by atoms with E-state index in [2.05, 4.69) is 5.10 Å². The lowest BCUT2D eigenvalue weighted by Crippen LogP contribution is -2.25. The number of hydrogen-bond donors (Lipinski definition) is 0. The van der Waals surface area contributed by atoms with Crippen LogP contribution in [0.3, 0.4) is 0 Å². The summed E-state index contributed by atoms with van der Waals surface area (Å²) in [6.45, 7) is 6.01. The van der Waals surface area contributed by atoms with Gasteiger partial charge < -0.3 is 0 Å². The molecule has 0 radical (unpaired) electrons. The van der Waals surface area contributed by atoms with Crippen LogP contribution in [0.15, 0.2) is 12.3 Å². The molecular weight excluding hydrogens is 176 g/mol. The first-order valence-electron chi connectivity index (χ1n) is 4.97. The fourth-order valence-corrected chi connectivity index (χ4v) is 1.16. The van der Waals surface area contributed by atoms with Gasteiger partial charge in [-0.2, -0.15) is 5.10 Å². The summed E-state index contributed by atoms with van der Waals surface area (Å²) in [6.07, 6.45) is 3.18. The molecule has 0 atom stereocenters. The maximum atomic E-state index is 11.8. The van der Waals surface area contributed by atoms with Crippen molar-refractivity contribution in [2.75, 3.05) is 0 Å². The van der Waals surface area contributed by atoms with Crippen LogP contribution in [0.4, 0.5) is 0 Å². The number of carbonyl (C=O) groups excluding carboxylic acids is 1. The van der Waals surface area contributed by atoms with Crippen LogP contribution < -0.4 is 0 Å². The summed E-state index contributed by atoms with van der Waals surface area (Å²) in [6, 6.07) is 1.89. The fraction of sp³-hybridized carbons (Fsp3) is 0.636. The third-order valence-electron chi connectivity index (χ3n) is 2.75. The summed E-state index contributed by atoms with van der Waals surface area (Å²) in [5.74, 6) is 0.263. The Labute approximate surface area is 85.1 Å². The maximum Gasteiger partial charge on any atom is 0.144 e. The molecule has 0 amide bonds. The zero-order valence-corrected chi connectivity index (χ0v) is 9.37. The molecule has 0 spiro atoms. The van der Waals surface area contributed by atoms with Gasteiger partial charge in [-0.1, -0.05) is 20.8 Å². The van der Waals surface area contributed by atoms with Gasteiger partial charge in [0.2, 0.25) is 0 Å². The van der Waals surface area contributed by atoms with Crippen LogP contribution in [0.1, 0.15) is 32.9 Å². The molecule has 0 aliphatic rings. The van der Waals surface area contributed by atoms with Gasteiger partial charge in [-0.3, -0.25) is 9.48 Å². The fourth-order valence-electron chi connectivity index (χ4n) is 1.16. The predicted molar refractivity (Wildman–Crippen MR) is 56.0 cm³/mol. The average Bonchev–Trinajstić information content (AvgIpc) is 2.51. The van der Waals surface area contributed by atoms with Crippen LogP contribution in [-0.4, -0.2) is 15.6 Å². The van der Waals surface area contributed by atoms with Gasteiger partial charge in [0.25, 0.3) is 0 Å². The minimum atomic E-state index is -0.225. The van der Waals surface area contributed by atoms with Crippen LogP contribution in [-0.2, 0) is 18.3 Å². The van der Waals surface area contributed by atoms with E-state index in [1.54, 1.807) is 4.68 Å². The minimum absolute atomic E-state index is 0.225. The Balaban J connectivity index is 2.66. The number of hydrogen-bond acceptors (Lipinski definition) is 2. The molecule has 1 rings (SSSR count). The lowest BCUT2D eigenvalue weighted by Gasteiger charge is -2.19. The first kappa shape index (κ1) is 11.0. The van der Waals surface area contributed by atoms with Crippen LogP contribution in [0.2, 0.25) is 0 Å². The minimum Gasteiger partial charge on any atom is -0.299 e. The molecule has 0 aliphatic carbocycles. The summed E-state index contributed by atoms with van der Waals surface area (Å²) in [4.78, 5) is 11.8. The number of aromatic nitrogens is 2. The highest BCUT2D eigenvalue weighted by atomic mass is 16.1. The van der Waals surface area contributed by atoms with Crippen LogP contribution >= 0.6 is 0 Å². The van der Waals surface area contributed by atoms with Gasteiger partial charge in [0, 0.05) is 18.7 Å². The SMILES string of the molecule is CCC(C)(C)C(=O)Cc1ccn(C)n1. The van der Waals surface area contributed by atoms with Crippen molar-refractivity contribution in [3.63, 3.8) is 0 Å². The van der Waals surface area contributed by atoms with E-state index >= 15 is 0 Å². The van der Waals surface area contributed by atoms with E-state index in [1.165, 1.54) is 0 Å². The van der Waals surface area contributed by atoms with Gasteiger partial charge in [-0.15, -0.1) is 0 Å². The van der Waals surface area contributed by atoms with E-state index in [0.29, 0.717) is 6.42 Å². The Hall–Kier alpha value is -1.12. The second-order valence-electron chi connectivity index (χ2n) is 4.32. The van der Waals surface area contributed by atoms with Crippen molar-refractivity contribution in [1.29, 1.82) is 0 Å². The highest BCUT2D eigenvalue weighted by Gasteiger charge is 2.25.